The van der Waals surface area contributed by atoms with Crippen LogP contribution in [0.15, 0.2) is 60.9 Å². The molecule has 2 aromatic carbocycles. The van der Waals surface area contributed by atoms with Crippen molar-refractivity contribution >= 4 is 17.6 Å². The van der Waals surface area contributed by atoms with Crippen molar-refractivity contribution in [1.82, 2.24) is 15.0 Å². The molecule has 3 aromatic rings. The van der Waals surface area contributed by atoms with E-state index in [0.717, 1.165) is 5.56 Å². The highest BCUT2D eigenvalue weighted by atomic mass is 16.5. The molecule has 0 saturated heterocycles. The van der Waals surface area contributed by atoms with Gasteiger partial charge < -0.3 is 10.1 Å². The number of hydrogen-bond donors (Lipinski definition) is 1. The summed E-state index contributed by atoms with van der Waals surface area (Å²) in [6.45, 7) is 0. The highest BCUT2D eigenvalue weighted by Crippen LogP contribution is 2.23. The Kier molecular flexibility index (Phi) is 3.74. The van der Waals surface area contributed by atoms with Crippen LogP contribution in [0.2, 0.25) is 0 Å². The summed E-state index contributed by atoms with van der Waals surface area (Å²) < 4.78 is 6.84. The number of cyclic esters (lactones) is 1. The first-order valence-corrected chi connectivity index (χ1v) is 7.78. The average molecular weight is 334 g/mol. The van der Waals surface area contributed by atoms with Gasteiger partial charge in [0.15, 0.2) is 6.10 Å². The second-order valence-electron chi connectivity index (χ2n) is 5.61. The van der Waals surface area contributed by atoms with E-state index in [4.69, 9.17) is 4.74 Å². The molecule has 1 aliphatic rings. The van der Waals surface area contributed by atoms with Crippen LogP contribution in [-0.4, -0.2) is 33.0 Å². The van der Waals surface area contributed by atoms with Crippen molar-refractivity contribution in [1.29, 1.82) is 0 Å². The average Bonchev–Trinajstić information content (AvgIpc) is 3.16. The molecule has 0 radical (unpaired) electrons. The van der Waals surface area contributed by atoms with E-state index < -0.39 is 12.1 Å². The molecule has 1 N–H and O–H groups in total. The Morgan fingerprint density at radius 1 is 1.16 bits per heavy atom. The van der Waals surface area contributed by atoms with E-state index in [2.05, 4.69) is 15.6 Å². The van der Waals surface area contributed by atoms with E-state index in [1.807, 2.05) is 24.3 Å². The van der Waals surface area contributed by atoms with Gasteiger partial charge in [-0.25, -0.2) is 9.48 Å². The summed E-state index contributed by atoms with van der Waals surface area (Å²) in [5.41, 5.74) is 2.56. The summed E-state index contributed by atoms with van der Waals surface area (Å²) in [5.74, 6) is -0.859. The molecular weight excluding hydrogens is 320 g/mol. The molecule has 2 heterocycles. The number of esters is 1. The van der Waals surface area contributed by atoms with Gasteiger partial charge in [0.2, 0.25) is 0 Å². The number of carbonyl (C=O) groups excluding carboxylic acids is 2. The normalized spacial score (nSPS) is 16.0. The van der Waals surface area contributed by atoms with Crippen molar-refractivity contribution in [2.24, 2.45) is 0 Å². The predicted octanol–water partition coefficient (Wildman–Crippen LogP) is 1.99. The Balaban J connectivity index is 1.57. The number of anilines is 1. The second kappa shape index (κ2) is 6.20. The lowest BCUT2D eigenvalue weighted by molar-refractivity contribution is -0.125. The van der Waals surface area contributed by atoms with E-state index in [1.54, 1.807) is 41.3 Å². The fourth-order valence-corrected chi connectivity index (χ4v) is 2.81. The SMILES string of the molecule is O=C1O[C@@H](C(=O)Nc2ccccc2-n2ccnn2)Cc2ccccc21. The molecule has 25 heavy (non-hydrogen) atoms. The number of nitrogens with one attached hydrogen (secondary N) is 1. The predicted molar refractivity (Wildman–Crippen MR) is 89.3 cm³/mol. The number of amides is 1. The lowest BCUT2D eigenvalue weighted by Crippen LogP contribution is -2.38. The summed E-state index contributed by atoms with van der Waals surface area (Å²) in [4.78, 5) is 24.7. The Morgan fingerprint density at radius 2 is 1.96 bits per heavy atom. The van der Waals surface area contributed by atoms with Crippen LogP contribution in [-0.2, 0) is 16.0 Å². The van der Waals surface area contributed by atoms with Gasteiger partial charge in [-0.2, -0.15) is 0 Å². The van der Waals surface area contributed by atoms with E-state index in [-0.39, 0.29) is 5.91 Å². The Labute approximate surface area is 143 Å². The molecule has 0 aliphatic carbocycles. The summed E-state index contributed by atoms with van der Waals surface area (Å²) in [6, 6.07) is 14.4. The maximum atomic E-state index is 12.6. The fraction of sp³-hybridized carbons (Fsp3) is 0.111. The van der Waals surface area contributed by atoms with Crippen molar-refractivity contribution in [3.8, 4) is 5.69 Å². The van der Waals surface area contributed by atoms with Crippen LogP contribution in [0.3, 0.4) is 0 Å². The number of fused-ring (bicyclic) bond motifs is 1. The molecule has 0 bridgehead atoms. The zero-order valence-corrected chi connectivity index (χ0v) is 13.1. The van der Waals surface area contributed by atoms with E-state index in [9.17, 15) is 9.59 Å². The monoisotopic (exact) mass is 334 g/mol. The van der Waals surface area contributed by atoms with Crippen LogP contribution < -0.4 is 5.32 Å². The van der Waals surface area contributed by atoms with Crippen molar-refractivity contribution in [2.45, 2.75) is 12.5 Å². The van der Waals surface area contributed by atoms with Crippen LogP contribution in [0.4, 0.5) is 5.69 Å². The highest BCUT2D eigenvalue weighted by Gasteiger charge is 2.31. The van der Waals surface area contributed by atoms with Gasteiger partial charge in [-0.3, -0.25) is 4.79 Å². The second-order valence-corrected chi connectivity index (χ2v) is 5.61. The van der Waals surface area contributed by atoms with Gasteiger partial charge in [0.05, 0.1) is 29.3 Å². The van der Waals surface area contributed by atoms with Gasteiger partial charge in [-0.05, 0) is 23.8 Å². The minimum Gasteiger partial charge on any atom is -0.448 e. The van der Waals surface area contributed by atoms with Crippen molar-refractivity contribution in [3.05, 3.63) is 72.1 Å². The van der Waals surface area contributed by atoms with Crippen molar-refractivity contribution in [3.63, 3.8) is 0 Å². The van der Waals surface area contributed by atoms with E-state index in [0.29, 0.717) is 23.4 Å². The van der Waals surface area contributed by atoms with Crippen molar-refractivity contribution in [2.75, 3.05) is 5.32 Å². The number of para-hydroxylation sites is 2. The zero-order valence-electron chi connectivity index (χ0n) is 13.1. The molecule has 7 nitrogen and oxygen atoms in total. The van der Waals surface area contributed by atoms with Gasteiger partial charge in [0.25, 0.3) is 5.91 Å². The number of benzene rings is 2. The third-order valence-corrected chi connectivity index (χ3v) is 4.02. The summed E-state index contributed by atoms with van der Waals surface area (Å²) >= 11 is 0. The van der Waals surface area contributed by atoms with Crippen LogP contribution >= 0.6 is 0 Å². The Bertz CT molecular complexity index is 937. The molecule has 7 heteroatoms. The van der Waals surface area contributed by atoms with Crippen LogP contribution in [0, 0.1) is 0 Å². The molecular formula is C18H14N4O3. The fourth-order valence-electron chi connectivity index (χ4n) is 2.81. The highest BCUT2D eigenvalue weighted by molar-refractivity contribution is 6.00. The molecule has 1 amide bonds. The molecule has 0 unspecified atom stereocenters. The van der Waals surface area contributed by atoms with Gasteiger partial charge in [-0.15, -0.1) is 5.10 Å². The smallest absolute Gasteiger partial charge is 0.339 e. The van der Waals surface area contributed by atoms with Gasteiger partial charge in [-0.1, -0.05) is 35.5 Å². The molecule has 0 spiro atoms. The first-order valence-electron chi connectivity index (χ1n) is 7.78. The Morgan fingerprint density at radius 3 is 2.80 bits per heavy atom. The topological polar surface area (TPSA) is 86.1 Å². The van der Waals surface area contributed by atoms with E-state index in [1.165, 1.54) is 0 Å². The molecule has 1 atom stereocenters. The molecule has 4 rings (SSSR count). The van der Waals surface area contributed by atoms with Gasteiger partial charge in [0, 0.05) is 6.42 Å². The molecule has 1 aliphatic heterocycles. The number of aromatic nitrogens is 3. The molecule has 1 aromatic heterocycles. The number of carbonyl (C=O) groups is 2. The maximum absolute atomic E-state index is 12.6. The number of hydrogen-bond acceptors (Lipinski definition) is 5. The first-order chi connectivity index (χ1) is 12.2. The summed E-state index contributed by atoms with van der Waals surface area (Å²) in [6.07, 6.45) is 2.71. The number of rotatable bonds is 3. The largest absolute Gasteiger partial charge is 0.448 e. The first kappa shape index (κ1) is 15.1. The van der Waals surface area contributed by atoms with Crippen molar-refractivity contribution < 1.29 is 14.3 Å². The maximum Gasteiger partial charge on any atom is 0.339 e. The lowest BCUT2D eigenvalue weighted by Gasteiger charge is -2.24. The van der Waals surface area contributed by atoms with Crippen LogP contribution in [0.1, 0.15) is 15.9 Å². The van der Waals surface area contributed by atoms with Crippen LogP contribution in [0.5, 0.6) is 0 Å². The van der Waals surface area contributed by atoms with Crippen LogP contribution in [0.25, 0.3) is 5.69 Å². The lowest BCUT2D eigenvalue weighted by atomic mass is 9.98. The van der Waals surface area contributed by atoms with Gasteiger partial charge >= 0.3 is 5.97 Å². The molecule has 0 saturated carbocycles. The number of nitrogens with zero attached hydrogens (tertiary/aromatic N) is 3. The molecule has 0 fully saturated rings. The van der Waals surface area contributed by atoms with E-state index >= 15 is 0 Å². The Hall–Kier alpha value is -3.48. The third-order valence-electron chi connectivity index (χ3n) is 4.02. The van der Waals surface area contributed by atoms with Gasteiger partial charge in [0.1, 0.15) is 0 Å². The standard InChI is InChI=1S/C18H14N4O3/c23-17(16-11-12-5-1-2-6-13(12)18(24)25-16)20-14-7-3-4-8-15(14)22-10-9-19-21-22/h1-10,16H,11H2,(H,20,23)/t16-/m1/s1. The molecule has 124 valence electrons. The third kappa shape index (κ3) is 2.87. The quantitative estimate of drug-likeness (QED) is 0.740. The summed E-state index contributed by atoms with van der Waals surface area (Å²) in [5, 5.41) is 10.5. The zero-order chi connectivity index (χ0) is 17.2. The number of ether oxygens (including phenoxy) is 1. The minimum absolute atomic E-state index is 0.346. The minimum atomic E-state index is -0.869. The summed E-state index contributed by atoms with van der Waals surface area (Å²) in [7, 11) is 0.